The fourth-order valence-electron chi connectivity index (χ4n) is 2.27. The Kier molecular flexibility index (Phi) is 5.61. The number of hydrogen-bond donors (Lipinski definition) is 0. The summed E-state index contributed by atoms with van der Waals surface area (Å²) in [5, 5.41) is 0. The fraction of sp³-hybridized carbons (Fsp3) is 0.158. The molecular weight excluding hydrogens is 418 g/mol. The summed E-state index contributed by atoms with van der Waals surface area (Å²) in [7, 11) is 1.69. The van der Waals surface area contributed by atoms with E-state index in [0.717, 1.165) is 21.3 Å². The Morgan fingerprint density at radius 1 is 1.24 bits per heavy atom. The van der Waals surface area contributed by atoms with Gasteiger partial charge in [-0.25, -0.2) is 0 Å². The van der Waals surface area contributed by atoms with E-state index in [4.69, 9.17) is 17.0 Å². The first-order chi connectivity index (χ1) is 11.9. The van der Waals surface area contributed by atoms with Crippen LogP contribution < -0.4 is 4.74 Å². The largest absolute Gasteiger partial charge is 0.488 e. The Labute approximate surface area is 165 Å². The van der Waals surface area contributed by atoms with Gasteiger partial charge in [-0.2, -0.15) is 0 Å². The van der Waals surface area contributed by atoms with Gasteiger partial charge in [0.15, 0.2) is 0 Å². The molecule has 25 heavy (non-hydrogen) atoms. The number of aryl methyl sites for hydroxylation is 1. The summed E-state index contributed by atoms with van der Waals surface area (Å²) in [4.78, 5) is 14.2. The van der Waals surface area contributed by atoms with Crippen molar-refractivity contribution >= 4 is 56.2 Å². The highest BCUT2D eigenvalue weighted by Crippen LogP contribution is 2.33. The summed E-state index contributed by atoms with van der Waals surface area (Å²) in [5.41, 5.74) is 3.27. The van der Waals surface area contributed by atoms with Crippen LogP contribution in [0, 0.1) is 6.92 Å². The number of carbonyl (C=O) groups excluding carboxylic acids is 1. The molecule has 2 aromatic carbocycles. The molecule has 0 saturated carbocycles. The fourth-order valence-corrected chi connectivity index (χ4v) is 3.96. The van der Waals surface area contributed by atoms with Crippen molar-refractivity contribution in [1.29, 1.82) is 0 Å². The number of rotatable bonds is 4. The lowest BCUT2D eigenvalue weighted by Gasteiger charge is -2.09. The minimum atomic E-state index is -0.0641. The third-order valence-electron chi connectivity index (χ3n) is 3.76. The number of thioether (sulfide) groups is 1. The summed E-state index contributed by atoms with van der Waals surface area (Å²) >= 11 is 10.0. The Morgan fingerprint density at radius 2 is 1.96 bits per heavy atom. The van der Waals surface area contributed by atoms with Gasteiger partial charge in [0.25, 0.3) is 5.91 Å². The molecule has 2 aromatic rings. The van der Waals surface area contributed by atoms with E-state index in [0.29, 0.717) is 15.8 Å². The Bertz CT molecular complexity index is 862. The molecule has 1 saturated heterocycles. The van der Waals surface area contributed by atoms with Crippen molar-refractivity contribution in [3.05, 3.63) is 68.5 Å². The van der Waals surface area contributed by atoms with Crippen LogP contribution in [0.2, 0.25) is 0 Å². The lowest BCUT2D eigenvalue weighted by atomic mass is 10.1. The molecule has 1 fully saturated rings. The van der Waals surface area contributed by atoms with Gasteiger partial charge < -0.3 is 4.74 Å². The molecule has 1 aliphatic heterocycles. The van der Waals surface area contributed by atoms with Crippen LogP contribution >= 0.6 is 39.9 Å². The van der Waals surface area contributed by atoms with E-state index >= 15 is 0 Å². The molecule has 1 aliphatic rings. The minimum absolute atomic E-state index is 0.0641. The average molecular weight is 434 g/mol. The zero-order valence-corrected chi connectivity index (χ0v) is 17.0. The van der Waals surface area contributed by atoms with Crippen molar-refractivity contribution in [2.75, 3.05) is 7.05 Å². The van der Waals surface area contributed by atoms with Crippen LogP contribution in [-0.2, 0) is 11.4 Å². The molecule has 0 atom stereocenters. The number of halogens is 1. The SMILES string of the molecule is Cc1ccc(COc2ccc(/C=C3\SC(=S)N(C)C3=O)cc2Br)cc1. The number of nitrogens with zero attached hydrogens (tertiary/aromatic N) is 1. The second-order valence-electron chi connectivity index (χ2n) is 5.70. The van der Waals surface area contributed by atoms with Gasteiger partial charge in [-0.15, -0.1) is 0 Å². The molecule has 6 heteroatoms. The number of thiocarbonyl (C=S) groups is 1. The highest BCUT2D eigenvalue weighted by molar-refractivity contribution is 9.10. The normalized spacial score (nSPS) is 16.0. The predicted octanol–water partition coefficient (Wildman–Crippen LogP) is 5.17. The molecule has 0 bridgehead atoms. The van der Waals surface area contributed by atoms with Crippen LogP contribution in [0.3, 0.4) is 0 Å². The smallest absolute Gasteiger partial charge is 0.265 e. The Morgan fingerprint density at radius 3 is 2.56 bits per heavy atom. The molecule has 1 amide bonds. The van der Waals surface area contributed by atoms with Crippen molar-refractivity contribution < 1.29 is 9.53 Å². The maximum Gasteiger partial charge on any atom is 0.265 e. The first-order valence-electron chi connectivity index (χ1n) is 7.63. The highest BCUT2D eigenvalue weighted by atomic mass is 79.9. The van der Waals surface area contributed by atoms with Gasteiger partial charge in [-0.05, 0) is 52.2 Å². The standard InChI is InChI=1S/C19H16BrNO2S2/c1-12-3-5-13(6-4-12)11-23-16-8-7-14(9-15(16)20)10-17-18(22)21(2)19(24)25-17/h3-10H,11H2,1-2H3/b17-10-. The number of ether oxygens (including phenoxy) is 1. The van der Waals surface area contributed by atoms with Crippen LogP contribution in [0.15, 0.2) is 51.8 Å². The molecule has 1 heterocycles. The first-order valence-corrected chi connectivity index (χ1v) is 9.65. The molecule has 3 nitrogen and oxygen atoms in total. The summed E-state index contributed by atoms with van der Waals surface area (Å²) in [5.74, 6) is 0.701. The maximum absolute atomic E-state index is 12.1. The van der Waals surface area contributed by atoms with Crippen molar-refractivity contribution in [2.24, 2.45) is 0 Å². The van der Waals surface area contributed by atoms with Gasteiger partial charge in [0.1, 0.15) is 16.7 Å². The molecule has 3 rings (SSSR count). The first kappa shape index (κ1) is 18.2. The predicted molar refractivity (Wildman–Crippen MR) is 111 cm³/mol. The van der Waals surface area contributed by atoms with Crippen LogP contribution in [0.1, 0.15) is 16.7 Å². The lowest BCUT2D eigenvalue weighted by Crippen LogP contribution is -2.22. The maximum atomic E-state index is 12.1. The number of amides is 1. The molecule has 0 N–H and O–H groups in total. The molecular formula is C19H16BrNO2S2. The zero-order chi connectivity index (χ0) is 18.0. The van der Waals surface area contributed by atoms with Gasteiger partial charge in [-0.3, -0.25) is 9.69 Å². The van der Waals surface area contributed by atoms with Crippen LogP contribution in [0.4, 0.5) is 0 Å². The average Bonchev–Trinajstić information content (AvgIpc) is 2.83. The van der Waals surface area contributed by atoms with E-state index in [1.54, 1.807) is 7.05 Å². The zero-order valence-electron chi connectivity index (χ0n) is 13.8. The molecule has 0 aliphatic carbocycles. The van der Waals surface area contributed by atoms with E-state index in [1.807, 2.05) is 24.3 Å². The molecule has 0 unspecified atom stereocenters. The molecule has 128 valence electrons. The van der Waals surface area contributed by atoms with E-state index in [2.05, 4.69) is 47.1 Å². The topological polar surface area (TPSA) is 29.5 Å². The van der Waals surface area contributed by atoms with E-state index in [9.17, 15) is 4.79 Å². The van der Waals surface area contributed by atoms with E-state index in [-0.39, 0.29) is 5.91 Å². The second kappa shape index (κ2) is 7.72. The number of likely N-dealkylation sites (N-methyl/N-ethyl adjacent to an activating group) is 1. The second-order valence-corrected chi connectivity index (χ2v) is 8.23. The lowest BCUT2D eigenvalue weighted by molar-refractivity contribution is -0.121. The number of hydrogen-bond acceptors (Lipinski definition) is 4. The van der Waals surface area contributed by atoms with Crippen LogP contribution in [0.5, 0.6) is 5.75 Å². The van der Waals surface area contributed by atoms with Crippen molar-refractivity contribution in [2.45, 2.75) is 13.5 Å². The van der Waals surface area contributed by atoms with Crippen molar-refractivity contribution in [3.63, 3.8) is 0 Å². The monoisotopic (exact) mass is 433 g/mol. The minimum Gasteiger partial charge on any atom is -0.488 e. The molecule has 0 spiro atoms. The Balaban J connectivity index is 1.72. The summed E-state index contributed by atoms with van der Waals surface area (Å²) in [6.45, 7) is 2.57. The van der Waals surface area contributed by atoms with E-state index in [1.165, 1.54) is 22.2 Å². The van der Waals surface area contributed by atoms with Gasteiger partial charge >= 0.3 is 0 Å². The molecule has 0 aromatic heterocycles. The highest BCUT2D eigenvalue weighted by Gasteiger charge is 2.28. The summed E-state index contributed by atoms with van der Waals surface area (Å²) in [6, 6.07) is 14.0. The van der Waals surface area contributed by atoms with Crippen LogP contribution in [0.25, 0.3) is 6.08 Å². The van der Waals surface area contributed by atoms with Crippen molar-refractivity contribution in [1.82, 2.24) is 4.90 Å². The third kappa shape index (κ3) is 4.32. The van der Waals surface area contributed by atoms with Gasteiger partial charge in [0.2, 0.25) is 0 Å². The quantitative estimate of drug-likeness (QED) is 0.491. The number of benzene rings is 2. The number of carbonyl (C=O) groups is 1. The summed E-state index contributed by atoms with van der Waals surface area (Å²) < 4.78 is 7.30. The van der Waals surface area contributed by atoms with Gasteiger partial charge in [0, 0.05) is 7.05 Å². The summed E-state index contributed by atoms with van der Waals surface area (Å²) in [6.07, 6.45) is 1.84. The molecule has 0 radical (unpaired) electrons. The van der Waals surface area contributed by atoms with E-state index < -0.39 is 0 Å². The van der Waals surface area contributed by atoms with Gasteiger partial charge in [0.05, 0.1) is 9.38 Å². The third-order valence-corrected chi connectivity index (χ3v) is 5.86. The van der Waals surface area contributed by atoms with Crippen LogP contribution in [-0.4, -0.2) is 22.2 Å². The van der Waals surface area contributed by atoms with Crippen molar-refractivity contribution in [3.8, 4) is 5.75 Å². The van der Waals surface area contributed by atoms with Gasteiger partial charge in [-0.1, -0.05) is 59.9 Å². The Hall–Kier alpha value is -1.63.